The van der Waals surface area contributed by atoms with Gasteiger partial charge >= 0.3 is 35.8 Å². The van der Waals surface area contributed by atoms with Crippen LogP contribution in [-0.4, -0.2) is 57.1 Å². The van der Waals surface area contributed by atoms with Gasteiger partial charge in [0.2, 0.25) is 0 Å². The quantitative estimate of drug-likeness (QED) is 0.0435. The van der Waals surface area contributed by atoms with Gasteiger partial charge < -0.3 is 42.6 Å². The molecule has 0 heterocycles. The van der Waals surface area contributed by atoms with E-state index in [4.69, 9.17) is 42.6 Å². The van der Waals surface area contributed by atoms with Crippen LogP contribution in [0.1, 0.15) is 429 Å². The van der Waals surface area contributed by atoms with Crippen molar-refractivity contribution in [1.82, 2.24) is 0 Å². The molecule has 8 unspecified atom stereocenters. The zero-order valence-electron chi connectivity index (χ0n) is 74.9. The van der Waals surface area contributed by atoms with Crippen molar-refractivity contribution in [3.8, 4) is 17.2 Å². The first-order valence-corrected chi connectivity index (χ1v) is 44.0. The van der Waals surface area contributed by atoms with Gasteiger partial charge in [0, 0.05) is 11.1 Å². The minimum absolute atomic E-state index is 0. The Balaban J connectivity index is -0.000000473. The molecule has 7 aromatic carbocycles. The fourth-order valence-electron chi connectivity index (χ4n) is 15.0. The largest absolute Gasteiger partial charge is 0.497 e. The third kappa shape index (κ3) is 35.4. The smallest absolute Gasteiger partial charge is 0.312 e. The maximum atomic E-state index is 12.6. The highest BCUT2D eigenvalue weighted by Crippen LogP contribution is 2.43. The van der Waals surface area contributed by atoms with Crippen LogP contribution >= 0.6 is 0 Å². The monoisotopic (exact) mass is 1810 g/mol. The zero-order chi connectivity index (χ0) is 86.0. The molecule has 736 valence electrons. The number of hydrogen-bond acceptors (Lipinski definition) is 15. The Kier molecular flexibility index (Phi) is 61.1. The van der Waals surface area contributed by atoms with Gasteiger partial charge in [0.1, 0.15) is 47.8 Å². The molecule has 130 heavy (non-hydrogen) atoms. The van der Waals surface area contributed by atoms with E-state index in [1.165, 1.54) is 88.6 Å². The summed E-state index contributed by atoms with van der Waals surface area (Å²) in [7, 11) is 5.01. The van der Waals surface area contributed by atoms with Crippen molar-refractivity contribution >= 4 is 35.8 Å². The Labute approximate surface area is 794 Å². The summed E-state index contributed by atoms with van der Waals surface area (Å²) in [4.78, 5) is 72.5. The van der Waals surface area contributed by atoms with Gasteiger partial charge in [0.05, 0.1) is 55.3 Å². The predicted octanol–water partition coefficient (Wildman–Crippen LogP) is 32.1. The SMILES string of the molecule is C.C.C.C.C.C.C.C.C.C.C.C.CCC(C)(C)C(=O)OC(C)c1ccc2c(c1)CCCC2.CCC(C)(C)C(=O)OC1CCCc2cc(OC)ccc21.CCC(C)(C)C(=O)OC1c2ccccc2Cc2ccccc21.CCC(C)C(=O)OC(C)c1ccc2c(c1)CCCC2.CCC(C)C(=O)OC1CCCc2cc(OC)ccc21.CCC(C)C(=O)OC1CCc2cc(OC)ccc21. The lowest BCUT2D eigenvalue weighted by Gasteiger charge is -2.31. The summed E-state index contributed by atoms with van der Waals surface area (Å²) in [5, 5.41) is 0. The number of esters is 6. The molecule has 0 radical (unpaired) electrons. The standard InChI is InChI=1S/C20H22O2.C18H26O2.C17H24O3.C17H24O2.C16H22O3.C15H20O3.12CH4/c1-4-20(2,3)19(21)22-18-16-11-7-5-9-14(16)13-15-10-6-8-12-17(15)18;1-5-18(3,4)17(19)20-13(2)15-11-10-14-8-6-7-9-16(14)12-15;1-5-17(2,3)16(18)20-15-8-6-7-12-11-13(19-4)9-10-14(12)15;1-4-12(2)17(18)19-13(3)15-10-9-14-7-5-6-8-16(14)11-15;1-4-11(2)16(17)19-15-7-5-6-12-10-13(18-3)8-9-14(12)15;1-4-10(2)15(16)18-14-8-5-11-9-12(17-3)6-7-13(11)14;;;;;;;;;;;;/h5-12,18H,4,13H2,1-3H3;10-13H,5-9H2,1-4H3;9-11,15H,5-8H2,1-4H3;9-13H,4-8H2,1-3H3;8-11,15H,4-7H2,1-3H3;6-7,9-10,14H,4-5,8H2,1-3H3;12*1H4. The van der Waals surface area contributed by atoms with Gasteiger partial charge in [0.25, 0.3) is 0 Å². The third-order valence-electron chi connectivity index (χ3n) is 25.3. The van der Waals surface area contributed by atoms with Gasteiger partial charge in [-0.15, -0.1) is 0 Å². The number of benzene rings is 7. The van der Waals surface area contributed by atoms with Gasteiger partial charge in [-0.1, -0.05) is 255 Å². The average molecular weight is 1810 g/mol. The van der Waals surface area contributed by atoms with Crippen LogP contribution in [-0.2, 0) is 109 Å². The number of carbonyl (C=O) groups is 6. The van der Waals surface area contributed by atoms with E-state index >= 15 is 0 Å². The van der Waals surface area contributed by atoms with Crippen molar-refractivity contribution in [2.75, 3.05) is 21.3 Å². The van der Waals surface area contributed by atoms with Gasteiger partial charge in [-0.05, 0) is 317 Å². The molecule has 6 aliphatic rings. The molecule has 0 N–H and O–H groups in total. The third-order valence-corrected chi connectivity index (χ3v) is 25.3. The Morgan fingerprint density at radius 2 is 0.623 bits per heavy atom. The van der Waals surface area contributed by atoms with E-state index in [9.17, 15) is 28.8 Å². The number of hydrogen-bond donors (Lipinski definition) is 0. The summed E-state index contributed by atoms with van der Waals surface area (Å²) in [5.74, 6) is 1.93. The topological polar surface area (TPSA) is 185 Å². The molecule has 13 rings (SSSR count). The van der Waals surface area contributed by atoms with Gasteiger partial charge in [-0.25, -0.2) is 0 Å². The molecule has 0 spiro atoms. The molecule has 0 amide bonds. The zero-order valence-corrected chi connectivity index (χ0v) is 74.9. The number of aryl methyl sites for hydroxylation is 7. The van der Waals surface area contributed by atoms with Crippen molar-refractivity contribution in [3.63, 3.8) is 0 Å². The summed E-state index contributed by atoms with van der Waals surface area (Å²) in [6.45, 7) is 33.4. The molecule has 6 aliphatic carbocycles. The first-order chi connectivity index (χ1) is 56.4. The normalized spacial score (nSPS) is 15.8. The van der Waals surface area contributed by atoms with Crippen molar-refractivity contribution in [1.29, 1.82) is 0 Å². The highest BCUT2D eigenvalue weighted by molar-refractivity contribution is 5.78. The van der Waals surface area contributed by atoms with E-state index in [2.05, 4.69) is 72.8 Å². The molecule has 0 aliphatic heterocycles. The second-order valence-electron chi connectivity index (χ2n) is 34.9. The highest BCUT2D eigenvalue weighted by Gasteiger charge is 2.37. The highest BCUT2D eigenvalue weighted by atomic mass is 16.6. The van der Waals surface area contributed by atoms with Crippen molar-refractivity contribution in [2.45, 2.75) is 391 Å². The van der Waals surface area contributed by atoms with E-state index in [1.54, 1.807) is 21.3 Å². The summed E-state index contributed by atoms with van der Waals surface area (Å²) in [6, 6.07) is 47.6. The van der Waals surface area contributed by atoms with Crippen molar-refractivity contribution < 1.29 is 71.4 Å². The molecular weight excluding hydrogens is 1620 g/mol. The van der Waals surface area contributed by atoms with E-state index in [1.807, 2.05) is 184 Å². The first-order valence-electron chi connectivity index (χ1n) is 44.0. The van der Waals surface area contributed by atoms with E-state index in [-0.39, 0.29) is 179 Å². The van der Waals surface area contributed by atoms with Crippen LogP contribution in [0.25, 0.3) is 0 Å². The lowest BCUT2D eigenvalue weighted by atomic mass is 9.83. The van der Waals surface area contributed by atoms with Crippen molar-refractivity contribution in [2.24, 2.45) is 34.0 Å². The number of fused-ring (bicyclic) bond motifs is 7. The lowest BCUT2D eigenvalue weighted by molar-refractivity contribution is -0.161. The number of rotatable bonds is 23. The van der Waals surface area contributed by atoms with Gasteiger partial charge in [-0.3, -0.25) is 28.8 Å². The van der Waals surface area contributed by atoms with E-state index in [0.29, 0.717) is 0 Å². The fourth-order valence-corrected chi connectivity index (χ4v) is 15.0. The summed E-state index contributed by atoms with van der Waals surface area (Å²) < 4.78 is 49.9. The van der Waals surface area contributed by atoms with Crippen molar-refractivity contribution in [3.05, 3.63) is 229 Å². The Bertz CT molecular complexity index is 4420. The van der Waals surface area contributed by atoms with Crippen LogP contribution in [0.15, 0.2) is 140 Å². The number of carbonyl (C=O) groups excluding carboxylic acids is 6. The second-order valence-corrected chi connectivity index (χ2v) is 34.9. The van der Waals surface area contributed by atoms with E-state index in [0.717, 1.165) is 165 Å². The molecule has 0 fully saturated rings. The fraction of sp³-hybridized carbons (Fsp3) is 0.583. The minimum Gasteiger partial charge on any atom is -0.497 e. The predicted molar refractivity (Wildman–Crippen MR) is 550 cm³/mol. The molecule has 7 aromatic rings. The van der Waals surface area contributed by atoms with Crippen LogP contribution in [0.5, 0.6) is 17.2 Å². The molecule has 0 aromatic heterocycles. The summed E-state index contributed by atoms with van der Waals surface area (Å²) >= 11 is 0. The molecular formula is C115H186O15. The number of methoxy groups -OCH3 is 3. The Morgan fingerprint density at radius 3 is 0.992 bits per heavy atom. The molecule has 0 saturated heterocycles. The molecule has 8 atom stereocenters. The van der Waals surface area contributed by atoms with Crippen LogP contribution in [0, 0.1) is 34.0 Å². The maximum Gasteiger partial charge on any atom is 0.312 e. The van der Waals surface area contributed by atoms with Gasteiger partial charge in [0.15, 0.2) is 6.10 Å². The van der Waals surface area contributed by atoms with Crippen LogP contribution < -0.4 is 14.2 Å². The Hall–Kier alpha value is -9.24. The average Bonchev–Trinajstić information content (AvgIpc) is 0.984. The molecule has 15 heteroatoms. The van der Waals surface area contributed by atoms with Crippen LogP contribution in [0.2, 0.25) is 0 Å². The molecule has 0 saturated carbocycles. The lowest BCUT2D eigenvalue weighted by Crippen LogP contribution is -2.29. The summed E-state index contributed by atoms with van der Waals surface area (Å²) in [6.07, 6.45) is 22.5. The van der Waals surface area contributed by atoms with Gasteiger partial charge in [-0.2, -0.15) is 0 Å². The van der Waals surface area contributed by atoms with Crippen LogP contribution in [0.3, 0.4) is 0 Å². The van der Waals surface area contributed by atoms with Crippen LogP contribution in [0.4, 0.5) is 0 Å². The summed E-state index contributed by atoms with van der Waals surface area (Å²) in [5.41, 5.74) is 18.6. The van der Waals surface area contributed by atoms with E-state index < -0.39 is 16.2 Å². The number of ether oxygens (including phenoxy) is 9. The Morgan fingerprint density at radius 1 is 0.308 bits per heavy atom. The molecule has 15 nitrogen and oxygen atoms in total. The maximum absolute atomic E-state index is 12.6. The second kappa shape index (κ2) is 61.5. The first kappa shape index (κ1) is 129. The molecule has 0 bridgehead atoms. The minimum atomic E-state index is -0.457.